The predicted octanol–water partition coefficient (Wildman–Crippen LogP) is 3.39. The zero-order chi connectivity index (χ0) is 19.1. The number of nitrogens with zero attached hydrogens (tertiary/aromatic N) is 1. The number of amides is 1. The van der Waals surface area contributed by atoms with Crippen molar-refractivity contribution in [1.29, 1.82) is 0 Å². The summed E-state index contributed by atoms with van der Waals surface area (Å²) < 4.78 is 18.9. The van der Waals surface area contributed by atoms with Crippen LogP contribution in [0, 0.1) is 35.4 Å². The summed E-state index contributed by atoms with van der Waals surface area (Å²) in [4.78, 5) is 15.5. The second kappa shape index (κ2) is 7.75. The van der Waals surface area contributed by atoms with Gasteiger partial charge < -0.3 is 10.1 Å². The molecule has 4 bridgehead atoms. The van der Waals surface area contributed by atoms with Gasteiger partial charge in [0.2, 0.25) is 5.91 Å². The van der Waals surface area contributed by atoms with Crippen molar-refractivity contribution < 1.29 is 13.9 Å². The maximum atomic E-state index is 13.4. The molecular formula is C23H31FN2O2. The Morgan fingerprint density at radius 3 is 2.25 bits per heavy atom. The van der Waals surface area contributed by atoms with Crippen molar-refractivity contribution in [3.8, 4) is 0 Å². The van der Waals surface area contributed by atoms with Crippen LogP contribution in [0.25, 0.3) is 0 Å². The highest BCUT2D eigenvalue weighted by Crippen LogP contribution is 2.56. The van der Waals surface area contributed by atoms with E-state index in [1.165, 1.54) is 44.2 Å². The number of carbonyl (C=O) groups is 1. The second-order valence-electron chi connectivity index (χ2n) is 9.42. The number of hydrogen-bond acceptors (Lipinski definition) is 3. The van der Waals surface area contributed by atoms with Gasteiger partial charge in [-0.25, -0.2) is 4.39 Å². The first-order chi connectivity index (χ1) is 13.7. The Morgan fingerprint density at radius 2 is 1.64 bits per heavy atom. The molecule has 1 aliphatic heterocycles. The van der Waals surface area contributed by atoms with Crippen LogP contribution in [-0.4, -0.2) is 43.7 Å². The lowest BCUT2D eigenvalue weighted by Crippen LogP contribution is -2.52. The average Bonchev–Trinajstić information content (AvgIpc) is 2.69. The van der Waals surface area contributed by atoms with Gasteiger partial charge in [-0.05, 0) is 73.5 Å². The molecule has 152 valence electrons. The van der Waals surface area contributed by atoms with Crippen molar-refractivity contribution in [2.24, 2.45) is 29.6 Å². The van der Waals surface area contributed by atoms with Crippen molar-refractivity contribution in [2.45, 2.75) is 38.1 Å². The highest BCUT2D eigenvalue weighted by atomic mass is 19.1. The molecule has 1 N–H and O–H groups in total. The van der Waals surface area contributed by atoms with Crippen LogP contribution >= 0.6 is 0 Å². The van der Waals surface area contributed by atoms with Crippen molar-refractivity contribution in [3.63, 3.8) is 0 Å². The summed E-state index contributed by atoms with van der Waals surface area (Å²) in [7, 11) is 0. The molecule has 1 heterocycles. The number of morpholine rings is 1. The summed E-state index contributed by atoms with van der Waals surface area (Å²) in [6.45, 7) is 3.70. The monoisotopic (exact) mass is 386 g/mol. The first-order valence-electron chi connectivity index (χ1n) is 11.0. The molecule has 5 aliphatic rings. The normalized spacial score (nSPS) is 35.7. The summed E-state index contributed by atoms with van der Waals surface area (Å²) in [5, 5.41) is 3.31. The third-order valence-electron chi connectivity index (χ3n) is 7.74. The van der Waals surface area contributed by atoms with Crippen LogP contribution in [0.15, 0.2) is 24.3 Å². The molecule has 0 aromatic heterocycles. The summed E-state index contributed by atoms with van der Waals surface area (Å²) in [5.41, 5.74) is 1.06. The number of ether oxygens (including phenoxy) is 1. The summed E-state index contributed by atoms with van der Waals surface area (Å²) in [6, 6.07) is 6.81. The first kappa shape index (κ1) is 18.6. The third kappa shape index (κ3) is 3.59. The zero-order valence-electron chi connectivity index (χ0n) is 16.5. The Balaban J connectivity index is 1.28. The van der Waals surface area contributed by atoms with Gasteiger partial charge in [-0.2, -0.15) is 0 Å². The molecule has 5 heteroatoms. The Bertz CT molecular complexity index is 673. The van der Waals surface area contributed by atoms with E-state index in [1.54, 1.807) is 0 Å². The van der Waals surface area contributed by atoms with Gasteiger partial charge in [-0.1, -0.05) is 12.1 Å². The van der Waals surface area contributed by atoms with Gasteiger partial charge in [-0.15, -0.1) is 0 Å². The fourth-order valence-corrected chi connectivity index (χ4v) is 6.70. The van der Waals surface area contributed by atoms with Crippen molar-refractivity contribution >= 4 is 5.91 Å². The Kier molecular flexibility index (Phi) is 5.14. The van der Waals surface area contributed by atoms with Crippen LogP contribution in [0.4, 0.5) is 4.39 Å². The maximum Gasteiger partial charge on any atom is 0.223 e. The predicted molar refractivity (Wildman–Crippen MR) is 105 cm³/mol. The van der Waals surface area contributed by atoms with Crippen LogP contribution in [0.2, 0.25) is 0 Å². The first-order valence-corrected chi connectivity index (χ1v) is 11.0. The Hall–Kier alpha value is -1.46. The lowest BCUT2D eigenvalue weighted by Gasteiger charge is -2.53. The fraction of sp³-hybridized carbons (Fsp3) is 0.696. The minimum absolute atomic E-state index is 0.0743. The molecule has 1 atom stereocenters. The number of halogens is 1. The number of carbonyl (C=O) groups excluding carboxylic acids is 1. The number of nitrogens with one attached hydrogen (secondary N) is 1. The van der Waals surface area contributed by atoms with Crippen LogP contribution in [0.1, 0.15) is 43.7 Å². The molecule has 1 aromatic rings. The molecule has 0 radical (unpaired) electrons. The molecule has 1 saturated heterocycles. The summed E-state index contributed by atoms with van der Waals surface area (Å²) >= 11 is 0. The molecule has 1 amide bonds. The molecule has 4 aliphatic carbocycles. The average molecular weight is 387 g/mol. The van der Waals surface area contributed by atoms with Gasteiger partial charge in [0.15, 0.2) is 0 Å². The Morgan fingerprint density at radius 1 is 1.04 bits per heavy atom. The van der Waals surface area contributed by atoms with E-state index in [9.17, 15) is 9.18 Å². The molecule has 4 saturated carbocycles. The van der Waals surface area contributed by atoms with E-state index < -0.39 is 0 Å². The molecule has 0 spiro atoms. The highest BCUT2D eigenvalue weighted by Gasteiger charge is 2.50. The number of benzene rings is 1. The maximum absolute atomic E-state index is 13.4. The lowest BCUT2D eigenvalue weighted by atomic mass is 9.51. The van der Waals surface area contributed by atoms with Gasteiger partial charge in [0.1, 0.15) is 5.82 Å². The van der Waals surface area contributed by atoms with Crippen molar-refractivity contribution in [3.05, 3.63) is 35.6 Å². The molecule has 1 aromatic carbocycles. The summed E-state index contributed by atoms with van der Waals surface area (Å²) in [6.07, 6.45) is 6.45. The van der Waals surface area contributed by atoms with Gasteiger partial charge in [0.05, 0.1) is 19.3 Å². The smallest absolute Gasteiger partial charge is 0.223 e. The topological polar surface area (TPSA) is 41.6 Å². The molecule has 6 rings (SSSR count). The number of rotatable bonds is 5. The third-order valence-corrected chi connectivity index (χ3v) is 7.74. The molecule has 28 heavy (non-hydrogen) atoms. The van der Waals surface area contributed by atoms with Crippen molar-refractivity contribution in [1.82, 2.24) is 10.2 Å². The molecule has 1 unspecified atom stereocenters. The zero-order valence-corrected chi connectivity index (χ0v) is 16.5. The minimum Gasteiger partial charge on any atom is -0.379 e. The van der Waals surface area contributed by atoms with Crippen LogP contribution < -0.4 is 5.32 Å². The van der Waals surface area contributed by atoms with E-state index in [-0.39, 0.29) is 23.7 Å². The van der Waals surface area contributed by atoms with Gasteiger partial charge in [-0.3, -0.25) is 9.69 Å². The second-order valence-corrected chi connectivity index (χ2v) is 9.42. The van der Waals surface area contributed by atoms with Gasteiger partial charge in [0.25, 0.3) is 0 Å². The highest BCUT2D eigenvalue weighted by molar-refractivity contribution is 5.79. The van der Waals surface area contributed by atoms with E-state index >= 15 is 0 Å². The van der Waals surface area contributed by atoms with Gasteiger partial charge >= 0.3 is 0 Å². The molecular weight excluding hydrogens is 355 g/mol. The minimum atomic E-state index is -0.220. The SMILES string of the molecule is O=C(NCC(c1ccc(F)cc1)N1CCOCC1)C1C2CC3CC(C2)CC1C3. The molecule has 5 fully saturated rings. The van der Waals surface area contributed by atoms with E-state index in [0.29, 0.717) is 31.6 Å². The van der Waals surface area contributed by atoms with Gasteiger partial charge in [0, 0.05) is 25.6 Å². The molecule has 4 nitrogen and oxygen atoms in total. The standard InChI is InChI=1S/C23H31FN2O2/c24-20-3-1-17(2-4-20)21(26-5-7-28-8-6-26)14-25-23(27)22-18-10-15-9-16(12-18)13-19(22)11-15/h1-4,15-16,18-19,21-22H,5-14H2,(H,25,27). The fourth-order valence-electron chi connectivity index (χ4n) is 6.70. The number of hydrogen-bond donors (Lipinski definition) is 1. The van der Waals surface area contributed by atoms with E-state index in [1.807, 2.05) is 12.1 Å². The van der Waals surface area contributed by atoms with Crippen molar-refractivity contribution in [2.75, 3.05) is 32.8 Å². The largest absolute Gasteiger partial charge is 0.379 e. The quantitative estimate of drug-likeness (QED) is 0.843. The van der Waals surface area contributed by atoms with E-state index in [0.717, 1.165) is 30.5 Å². The Labute approximate surface area is 166 Å². The summed E-state index contributed by atoms with van der Waals surface area (Å²) in [5.74, 6) is 3.22. The van der Waals surface area contributed by atoms with Crippen LogP contribution in [0.3, 0.4) is 0 Å². The van der Waals surface area contributed by atoms with E-state index in [2.05, 4.69) is 10.2 Å². The lowest BCUT2D eigenvalue weighted by molar-refractivity contribution is -0.138. The van der Waals surface area contributed by atoms with Crippen LogP contribution in [0.5, 0.6) is 0 Å². The van der Waals surface area contributed by atoms with E-state index in [4.69, 9.17) is 4.74 Å². The van der Waals surface area contributed by atoms with Crippen LogP contribution in [-0.2, 0) is 9.53 Å².